The first-order chi connectivity index (χ1) is 9.78. The van der Waals surface area contributed by atoms with Gasteiger partial charge >= 0.3 is 0 Å². The average Bonchev–Trinajstić information content (AvgIpc) is 2.94. The number of hydrogen-bond donors (Lipinski definition) is 1. The van der Waals surface area contributed by atoms with E-state index in [0.29, 0.717) is 5.76 Å². The van der Waals surface area contributed by atoms with E-state index in [9.17, 15) is 0 Å². The molecule has 0 unspecified atom stereocenters. The van der Waals surface area contributed by atoms with E-state index >= 15 is 0 Å². The number of oxazole rings is 1. The number of hydrogen-bond acceptors (Lipinski definition) is 4. The SMILES string of the molecule is COc1ccccc1-c1cccc(-c2cnc(N)o2)c1. The lowest BCUT2D eigenvalue weighted by Gasteiger charge is -2.09. The van der Waals surface area contributed by atoms with E-state index in [0.717, 1.165) is 22.4 Å². The summed E-state index contributed by atoms with van der Waals surface area (Å²) in [5, 5.41) is 0. The summed E-state index contributed by atoms with van der Waals surface area (Å²) in [5.41, 5.74) is 8.52. The first-order valence-corrected chi connectivity index (χ1v) is 6.23. The standard InChI is InChI=1S/C16H14N2O2/c1-19-14-8-3-2-7-13(14)11-5-4-6-12(9-11)15-10-18-16(17)20-15/h2-10H,1H3,(H2,17,18). The lowest BCUT2D eigenvalue weighted by Crippen LogP contribution is -1.87. The Labute approximate surface area is 116 Å². The summed E-state index contributed by atoms with van der Waals surface area (Å²) in [7, 11) is 1.67. The molecular weight excluding hydrogens is 252 g/mol. The molecule has 0 atom stereocenters. The van der Waals surface area contributed by atoms with E-state index in [4.69, 9.17) is 14.9 Å². The summed E-state index contributed by atoms with van der Waals surface area (Å²) >= 11 is 0. The highest BCUT2D eigenvalue weighted by molar-refractivity contribution is 5.75. The molecule has 0 aliphatic carbocycles. The predicted octanol–water partition coefficient (Wildman–Crippen LogP) is 3.60. The number of ether oxygens (including phenoxy) is 1. The molecule has 100 valence electrons. The summed E-state index contributed by atoms with van der Waals surface area (Å²) in [6.07, 6.45) is 1.62. The lowest BCUT2D eigenvalue weighted by atomic mass is 10.0. The van der Waals surface area contributed by atoms with Gasteiger partial charge in [0.15, 0.2) is 5.76 Å². The number of rotatable bonds is 3. The van der Waals surface area contributed by atoms with Crippen molar-refractivity contribution in [3.05, 3.63) is 54.7 Å². The van der Waals surface area contributed by atoms with Gasteiger partial charge in [0.2, 0.25) is 0 Å². The third kappa shape index (κ3) is 2.23. The van der Waals surface area contributed by atoms with Crippen molar-refractivity contribution in [2.24, 2.45) is 0 Å². The Morgan fingerprint density at radius 1 is 1.05 bits per heavy atom. The second-order valence-electron chi connectivity index (χ2n) is 4.34. The fourth-order valence-electron chi connectivity index (χ4n) is 2.14. The molecule has 0 saturated carbocycles. The number of anilines is 1. The minimum Gasteiger partial charge on any atom is -0.496 e. The second-order valence-corrected chi connectivity index (χ2v) is 4.34. The summed E-state index contributed by atoms with van der Waals surface area (Å²) < 4.78 is 10.7. The molecule has 0 aliphatic rings. The van der Waals surface area contributed by atoms with Crippen LogP contribution < -0.4 is 10.5 Å². The van der Waals surface area contributed by atoms with Gasteiger partial charge in [-0.25, -0.2) is 4.98 Å². The molecule has 0 saturated heterocycles. The van der Waals surface area contributed by atoms with Crippen LogP contribution >= 0.6 is 0 Å². The zero-order chi connectivity index (χ0) is 13.9. The van der Waals surface area contributed by atoms with E-state index in [-0.39, 0.29) is 6.01 Å². The van der Waals surface area contributed by atoms with Crippen LogP contribution in [0.1, 0.15) is 0 Å². The summed E-state index contributed by atoms with van der Waals surface area (Å²) in [5.74, 6) is 1.49. The number of para-hydroxylation sites is 1. The van der Waals surface area contributed by atoms with Crippen molar-refractivity contribution < 1.29 is 9.15 Å². The Hall–Kier alpha value is -2.75. The first kappa shape index (κ1) is 12.3. The molecular formula is C16H14N2O2. The van der Waals surface area contributed by atoms with Gasteiger partial charge in [-0.1, -0.05) is 36.4 Å². The van der Waals surface area contributed by atoms with Gasteiger partial charge in [0.25, 0.3) is 6.01 Å². The van der Waals surface area contributed by atoms with Crippen LogP contribution in [0.15, 0.2) is 59.1 Å². The molecule has 2 N–H and O–H groups in total. The Morgan fingerprint density at radius 2 is 1.85 bits per heavy atom. The number of aromatic nitrogens is 1. The van der Waals surface area contributed by atoms with Gasteiger partial charge in [-0.15, -0.1) is 0 Å². The van der Waals surface area contributed by atoms with Crippen LogP contribution in [0.2, 0.25) is 0 Å². The Kier molecular flexibility index (Phi) is 3.13. The molecule has 4 heteroatoms. The monoisotopic (exact) mass is 266 g/mol. The van der Waals surface area contributed by atoms with Gasteiger partial charge < -0.3 is 14.9 Å². The van der Waals surface area contributed by atoms with Crippen LogP contribution in [-0.4, -0.2) is 12.1 Å². The molecule has 20 heavy (non-hydrogen) atoms. The Morgan fingerprint density at radius 3 is 2.60 bits per heavy atom. The largest absolute Gasteiger partial charge is 0.496 e. The molecule has 0 aliphatic heterocycles. The van der Waals surface area contributed by atoms with Gasteiger partial charge in [0.05, 0.1) is 13.3 Å². The minimum atomic E-state index is 0.169. The van der Waals surface area contributed by atoms with Gasteiger partial charge in [-0.3, -0.25) is 0 Å². The van der Waals surface area contributed by atoms with E-state index in [1.807, 2.05) is 48.5 Å². The van der Waals surface area contributed by atoms with Crippen LogP contribution in [0.25, 0.3) is 22.5 Å². The normalized spacial score (nSPS) is 10.4. The molecule has 4 nitrogen and oxygen atoms in total. The molecule has 1 heterocycles. The zero-order valence-electron chi connectivity index (χ0n) is 11.0. The van der Waals surface area contributed by atoms with Gasteiger partial charge in [0.1, 0.15) is 5.75 Å². The lowest BCUT2D eigenvalue weighted by molar-refractivity contribution is 0.416. The second kappa shape index (κ2) is 5.09. The van der Waals surface area contributed by atoms with Crippen molar-refractivity contribution in [2.45, 2.75) is 0 Å². The van der Waals surface area contributed by atoms with Crippen LogP contribution in [0.4, 0.5) is 6.01 Å². The van der Waals surface area contributed by atoms with E-state index < -0.39 is 0 Å². The van der Waals surface area contributed by atoms with Gasteiger partial charge in [-0.05, 0) is 17.7 Å². The molecule has 0 bridgehead atoms. The first-order valence-electron chi connectivity index (χ1n) is 6.23. The van der Waals surface area contributed by atoms with E-state index in [1.54, 1.807) is 13.3 Å². The summed E-state index contributed by atoms with van der Waals surface area (Å²) in [4.78, 5) is 3.92. The highest BCUT2D eigenvalue weighted by Crippen LogP contribution is 2.32. The quantitative estimate of drug-likeness (QED) is 0.786. The number of methoxy groups -OCH3 is 1. The van der Waals surface area contributed by atoms with Crippen LogP contribution in [0.3, 0.4) is 0 Å². The molecule has 0 radical (unpaired) electrons. The maximum absolute atomic E-state index is 5.51. The van der Waals surface area contributed by atoms with Crippen LogP contribution in [0, 0.1) is 0 Å². The number of nitrogens with zero attached hydrogens (tertiary/aromatic N) is 1. The highest BCUT2D eigenvalue weighted by atomic mass is 16.5. The van der Waals surface area contributed by atoms with Gasteiger partial charge in [0, 0.05) is 11.1 Å². The van der Waals surface area contributed by atoms with Crippen molar-refractivity contribution in [1.82, 2.24) is 4.98 Å². The maximum atomic E-state index is 5.51. The third-order valence-corrected chi connectivity index (χ3v) is 3.09. The van der Waals surface area contributed by atoms with E-state index in [2.05, 4.69) is 4.98 Å². The molecule has 0 spiro atoms. The summed E-state index contributed by atoms with van der Waals surface area (Å²) in [6.45, 7) is 0. The van der Waals surface area contributed by atoms with Crippen molar-refractivity contribution in [3.8, 4) is 28.2 Å². The third-order valence-electron chi connectivity index (χ3n) is 3.09. The van der Waals surface area contributed by atoms with Crippen molar-refractivity contribution in [3.63, 3.8) is 0 Å². The highest BCUT2D eigenvalue weighted by Gasteiger charge is 2.08. The van der Waals surface area contributed by atoms with Crippen molar-refractivity contribution in [2.75, 3.05) is 12.8 Å². The van der Waals surface area contributed by atoms with Crippen LogP contribution in [-0.2, 0) is 0 Å². The molecule has 0 fully saturated rings. The fourth-order valence-corrected chi connectivity index (χ4v) is 2.14. The molecule has 2 aromatic carbocycles. The van der Waals surface area contributed by atoms with Crippen molar-refractivity contribution >= 4 is 6.01 Å². The van der Waals surface area contributed by atoms with E-state index in [1.165, 1.54) is 0 Å². The molecule has 3 rings (SSSR count). The predicted molar refractivity (Wildman–Crippen MR) is 78.3 cm³/mol. The Bertz CT molecular complexity index is 735. The fraction of sp³-hybridized carbons (Fsp3) is 0.0625. The average molecular weight is 266 g/mol. The Balaban J connectivity index is 2.07. The molecule has 3 aromatic rings. The number of nitrogen functional groups attached to an aromatic ring is 1. The number of benzene rings is 2. The summed E-state index contributed by atoms with van der Waals surface area (Å²) in [6, 6.07) is 16.0. The zero-order valence-corrected chi connectivity index (χ0v) is 11.0. The molecule has 0 amide bonds. The topological polar surface area (TPSA) is 61.3 Å². The minimum absolute atomic E-state index is 0.169. The van der Waals surface area contributed by atoms with Crippen LogP contribution in [0.5, 0.6) is 5.75 Å². The maximum Gasteiger partial charge on any atom is 0.292 e. The smallest absolute Gasteiger partial charge is 0.292 e. The van der Waals surface area contributed by atoms with Crippen molar-refractivity contribution in [1.29, 1.82) is 0 Å². The number of nitrogens with two attached hydrogens (primary N) is 1. The van der Waals surface area contributed by atoms with Gasteiger partial charge in [-0.2, -0.15) is 0 Å². The molecule has 1 aromatic heterocycles.